The summed E-state index contributed by atoms with van der Waals surface area (Å²) in [7, 11) is 0. The molecule has 0 N–H and O–H groups in total. The molecule has 2 heterocycles. The molecule has 46 heavy (non-hydrogen) atoms. The molecule has 0 amide bonds. The quantitative estimate of drug-likeness (QED) is 0.0631. The van der Waals surface area contributed by atoms with Gasteiger partial charge in [-0.25, -0.2) is 0 Å². The normalized spacial score (nSPS) is 13.2. The van der Waals surface area contributed by atoms with Crippen LogP contribution in [0.2, 0.25) is 14.8 Å². The molecule has 1 aromatic carbocycles. The minimum atomic E-state index is -2.21. The van der Waals surface area contributed by atoms with Crippen LogP contribution in [0.1, 0.15) is 130 Å². The molecular formula is C41H66O2S2Sn. The first-order valence-electron chi connectivity index (χ1n) is 18.9. The van der Waals surface area contributed by atoms with E-state index in [4.69, 9.17) is 9.47 Å². The van der Waals surface area contributed by atoms with E-state index in [-0.39, 0.29) is 0 Å². The van der Waals surface area contributed by atoms with Crippen molar-refractivity contribution in [2.45, 2.75) is 145 Å². The second-order valence-electron chi connectivity index (χ2n) is 14.6. The van der Waals surface area contributed by atoms with E-state index in [0.717, 1.165) is 24.7 Å². The number of rotatable bonds is 25. The molecule has 0 fully saturated rings. The molecule has 5 heteroatoms. The second-order valence-corrected chi connectivity index (χ2v) is 32.0. The molecule has 258 valence electrons. The van der Waals surface area contributed by atoms with Gasteiger partial charge in [-0.3, -0.25) is 0 Å². The summed E-state index contributed by atoms with van der Waals surface area (Å²) >= 11 is 1.60. The predicted octanol–water partition coefficient (Wildman–Crippen LogP) is 14.0. The number of benzene rings is 1. The standard InChI is InChI=1S/C38H57O2S2.3CH3.Sn/c1-5-9-13-15-21-31(19-11-7-3)29-39-35-27-34(38-24-18-26-42-38)36(28-33(35)37-23-17-25-41-37)40-30-32(20-12-8-4)22-16-14-10-6-2;;;;/h17-18,23-25,27-28,31-32H,5-16,19-22,29-30H2,1-4H3;3*1H3;. The molecule has 0 bridgehead atoms. The Morgan fingerprint density at radius 3 is 1.52 bits per heavy atom. The fraction of sp³-hybridized carbons (Fsp3) is 0.659. The van der Waals surface area contributed by atoms with Crippen molar-refractivity contribution in [2.24, 2.45) is 11.8 Å². The summed E-state index contributed by atoms with van der Waals surface area (Å²) in [5.41, 5.74) is 2.41. The monoisotopic (exact) mass is 774 g/mol. The maximum atomic E-state index is 6.92. The summed E-state index contributed by atoms with van der Waals surface area (Å²) in [6, 6.07) is 13.8. The van der Waals surface area contributed by atoms with Crippen LogP contribution in [0.5, 0.6) is 11.5 Å². The van der Waals surface area contributed by atoms with Crippen LogP contribution in [0.4, 0.5) is 0 Å². The molecule has 2 unspecified atom stereocenters. The predicted molar refractivity (Wildman–Crippen MR) is 211 cm³/mol. The number of ether oxygens (including phenoxy) is 2. The van der Waals surface area contributed by atoms with Crippen LogP contribution < -0.4 is 12.4 Å². The van der Waals surface area contributed by atoms with Gasteiger partial charge in [0.1, 0.15) is 0 Å². The van der Waals surface area contributed by atoms with Gasteiger partial charge < -0.3 is 0 Å². The SMILES string of the molecule is CCCCCCC(CCCC)COc1cc(-c2cc[c]([Sn]([CH3])([CH3])[CH3])s2)c(OCC(CCCC)CCCCCC)cc1-c1cccs1. The Morgan fingerprint density at radius 1 is 0.587 bits per heavy atom. The van der Waals surface area contributed by atoms with Crippen LogP contribution in [0.3, 0.4) is 0 Å². The van der Waals surface area contributed by atoms with Gasteiger partial charge in [-0.1, -0.05) is 40.0 Å². The van der Waals surface area contributed by atoms with Gasteiger partial charge in [-0.15, -0.1) is 0 Å². The van der Waals surface area contributed by atoms with Crippen molar-refractivity contribution in [3.8, 4) is 32.4 Å². The number of thiophene rings is 2. The minimum absolute atomic E-state index is 0.613. The molecular weight excluding hydrogens is 707 g/mol. The Balaban J connectivity index is 1.97. The van der Waals surface area contributed by atoms with Gasteiger partial charge in [-0.2, -0.15) is 0 Å². The first-order chi connectivity index (χ1) is 22.3. The van der Waals surface area contributed by atoms with E-state index in [2.05, 4.69) is 84.3 Å². The van der Waals surface area contributed by atoms with Gasteiger partial charge >= 0.3 is 258 Å². The molecule has 0 aliphatic rings. The van der Waals surface area contributed by atoms with Crippen molar-refractivity contribution in [3.63, 3.8) is 0 Å². The third-order valence-corrected chi connectivity index (χ3v) is 20.8. The van der Waals surface area contributed by atoms with E-state index < -0.39 is 18.4 Å². The van der Waals surface area contributed by atoms with Crippen LogP contribution in [0, 0.1) is 11.8 Å². The Bertz CT molecular complexity index is 1210. The Kier molecular flexibility index (Phi) is 18.8. The zero-order valence-electron chi connectivity index (χ0n) is 30.6. The van der Waals surface area contributed by atoms with E-state index in [1.165, 1.54) is 124 Å². The molecule has 0 radical (unpaired) electrons. The summed E-state index contributed by atoms with van der Waals surface area (Å²) in [5, 5.41) is 2.18. The van der Waals surface area contributed by atoms with Crippen LogP contribution >= 0.6 is 22.7 Å². The van der Waals surface area contributed by atoms with Crippen molar-refractivity contribution in [1.29, 1.82) is 0 Å². The first-order valence-corrected chi connectivity index (χ1v) is 30.6. The summed E-state index contributed by atoms with van der Waals surface area (Å²) in [4.78, 5) is 10.1. The molecule has 0 saturated carbocycles. The number of hydrogen-bond donors (Lipinski definition) is 0. The van der Waals surface area contributed by atoms with Crippen molar-refractivity contribution in [2.75, 3.05) is 13.2 Å². The zero-order chi connectivity index (χ0) is 33.2. The molecule has 2 nitrogen and oxygen atoms in total. The summed E-state index contributed by atoms with van der Waals surface area (Å²) < 4.78 is 15.4. The topological polar surface area (TPSA) is 18.5 Å². The zero-order valence-corrected chi connectivity index (χ0v) is 35.0. The molecule has 3 rings (SSSR count). The van der Waals surface area contributed by atoms with Crippen molar-refractivity contribution in [3.05, 3.63) is 41.8 Å². The average molecular weight is 774 g/mol. The van der Waals surface area contributed by atoms with E-state index in [9.17, 15) is 0 Å². The molecule has 2 aromatic heterocycles. The number of hydrogen-bond acceptors (Lipinski definition) is 4. The molecule has 3 aromatic rings. The Morgan fingerprint density at radius 2 is 1.09 bits per heavy atom. The maximum absolute atomic E-state index is 6.92. The van der Waals surface area contributed by atoms with Gasteiger partial charge in [0.15, 0.2) is 0 Å². The van der Waals surface area contributed by atoms with Crippen LogP contribution in [0.15, 0.2) is 41.8 Å². The van der Waals surface area contributed by atoms with E-state index in [1.54, 1.807) is 14.2 Å². The Hall–Kier alpha value is -0.981. The fourth-order valence-electron chi connectivity index (χ4n) is 6.24. The third kappa shape index (κ3) is 13.5. The molecule has 0 spiro atoms. The third-order valence-electron chi connectivity index (χ3n) is 9.29. The van der Waals surface area contributed by atoms with Gasteiger partial charge in [0.25, 0.3) is 0 Å². The van der Waals surface area contributed by atoms with Gasteiger partial charge in [0.05, 0.1) is 0 Å². The number of unbranched alkanes of at least 4 members (excludes halogenated alkanes) is 8. The molecule has 0 saturated heterocycles. The molecule has 2 atom stereocenters. The summed E-state index contributed by atoms with van der Waals surface area (Å²) in [6.45, 7) is 10.8. The average Bonchev–Trinajstić information content (AvgIpc) is 3.76. The van der Waals surface area contributed by atoms with Crippen molar-refractivity contribution in [1.82, 2.24) is 0 Å². The fourth-order valence-corrected chi connectivity index (χ4v) is 13.3. The first kappa shape index (κ1) is 39.5. The van der Waals surface area contributed by atoms with Gasteiger partial charge in [-0.05, 0) is 0 Å². The van der Waals surface area contributed by atoms with Gasteiger partial charge in [0.2, 0.25) is 0 Å². The van der Waals surface area contributed by atoms with Gasteiger partial charge in [0, 0.05) is 0 Å². The van der Waals surface area contributed by atoms with Crippen LogP contribution in [-0.4, -0.2) is 31.6 Å². The second kappa shape index (κ2) is 21.9. The molecule has 0 aliphatic heterocycles. The van der Waals surface area contributed by atoms with Crippen LogP contribution in [-0.2, 0) is 0 Å². The van der Waals surface area contributed by atoms with E-state index in [1.807, 2.05) is 11.3 Å². The van der Waals surface area contributed by atoms with Crippen molar-refractivity contribution >= 4 is 43.9 Å². The van der Waals surface area contributed by atoms with Crippen LogP contribution in [0.25, 0.3) is 20.9 Å². The summed E-state index contributed by atoms with van der Waals surface area (Å²) in [6.07, 6.45) is 20.7. The summed E-state index contributed by atoms with van der Waals surface area (Å²) in [5.74, 6) is 3.28. The van der Waals surface area contributed by atoms with Crippen molar-refractivity contribution < 1.29 is 9.47 Å². The van der Waals surface area contributed by atoms with E-state index >= 15 is 0 Å². The van der Waals surface area contributed by atoms with E-state index in [0.29, 0.717) is 11.8 Å². The molecule has 0 aliphatic carbocycles. The Labute approximate surface area is 296 Å².